The molecule has 6 aromatic rings. The maximum atomic E-state index is 9.49. The molecule has 14 heteroatoms. The highest BCUT2D eigenvalue weighted by Gasteiger charge is 2.02. The molecule has 0 aliphatic carbocycles. The molecule has 6 rings (SSSR count). The van der Waals surface area contributed by atoms with Gasteiger partial charge in [-0.1, -0.05) is 36.4 Å². The van der Waals surface area contributed by atoms with E-state index in [1.54, 1.807) is 50.6 Å². The van der Waals surface area contributed by atoms with Crippen molar-refractivity contribution in [3.8, 4) is 23.0 Å². The lowest BCUT2D eigenvalue weighted by atomic mass is 10.2. The van der Waals surface area contributed by atoms with Crippen LogP contribution in [-0.4, -0.2) is 33.0 Å². The van der Waals surface area contributed by atoms with Gasteiger partial charge in [0.2, 0.25) is 0 Å². The number of alkyl halides is 2. The van der Waals surface area contributed by atoms with Crippen molar-refractivity contribution in [2.75, 3.05) is 40.8 Å². The minimum Gasteiger partial charge on any atom is -0.508 e. The van der Waals surface area contributed by atoms with Crippen LogP contribution in [0.3, 0.4) is 0 Å². The van der Waals surface area contributed by atoms with Gasteiger partial charge in [0, 0.05) is 69.8 Å². The second-order valence-electron chi connectivity index (χ2n) is 10.6. The predicted octanol–water partition coefficient (Wildman–Crippen LogP) is 13.4. The fraction of sp³-hybridized carbons (Fsp3) is 0.0769. The molecule has 0 bridgehead atoms. The van der Waals surface area contributed by atoms with Gasteiger partial charge in [-0.25, -0.2) is 0 Å². The third-order valence-electron chi connectivity index (χ3n) is 6.71. The molecular weight excluding hydrogens is 910 g/mol. The maximum absolute atomic E-state index is 9.49. The molecule has 0 aliphatic heterocycles. The van der Waals surface area contributed by atoms with Crippen LogP contribution in [-0.2, 0) is 0 Å². The molecule has 0 fully saturated rings. The number of rotatable bonds is 10. The summed E-state index contributed by atoms with van der Waals surface area (Å²) in [5, 5.41) is 32.4. The lowest BCUT2D eigenvalue weighted by molar-refractivity contribution is 0.415. The number of aromatic hydroxyl groups is 2. The maximum Gasteiger partial charge on any atom is 0.369 e. The highest BCUT2D eigenvalue weighted by atomic mass is 79.9. The predicted molar refractivity (Wildman–Crippen MR) is 237 cm³/mol. The molecule has 0 saturated heterocycles. The summed E-state index contributed by atoms with van der Waals surface area (Å²) in [4.78, 5) is 0. The molecule has 0 amide bonds. The quantitative estimate of drug-likeness (QED) is 0.0596. The van der Waals surface area contributed by atoms with E-state index in [1.807, 2.05) is 103 Å². The van der Waals surface area contributed by atoms with Gasteiger partial charge in [0.05, 0.1) is 19.6 Å². The van der Waals surface area contributed by atoms with Gasteiger partial charge in [0.25, 0.3) is 0 Å². The topological polar surface area (TPSA) is 107 Å². The average Bonchev–Trinajstić information content (AvgIpc) is 3.13. The number of ether oxygens (including phenoxy) is 2. The molecule has 0 aromatic heterocycles. The number of hydrogen-bond acceptors (Lipinski definition) is 8. The van der Waals surface area contributed by atoms with Crippen molar-refractivity contribution in [2.45, 2.75) is 0 Å². The van der Waals surface area contributed by atoms with Crippen LogP contribution in [0.25, 0.3) is 0 Å². The molecule has 0 unspecified atom stereocenters. The van der Waals surface area contributed by atoms with E-state index in [4.69, 9.17) is 32.7 Å². The molecular formula is C39H38BBr3Cl2N4O4. The average molecular weight is 948 g/mol. The summed E-state index contributed by atoms with van der Waals surface area (Å²) in [5.74, 6) is 2.09. The van der Waals surface area contributed by atoms with Gasteiger partial charge in [-0.05, 0) is 84.9 Å². The molecule has 0 spiro atoms. The SMILES string of the molecule is BrB(Br)Br.COc1cccc(Nc2cccc(Nc3cccc(OC)c3)c2)c1.ClCCl.Oc1cccc(Nc2cccc(Nc3cccc(O)c3)c2)c1. The van der Waals surface area contributed by atoms with Crippen molar-refractivity contribution in [1.29, 1.82) is 0 Å². The Morgan fingerprint density at radius 2 is 0.679 bits per heavy atom. The third kappa shape index (κ3) is 17.5. The third-order valence-corrected chi connectivity index (χ3v) is 6.71. The van der Waals surface area contributed by atoms with Crippen LogP contribution in [0.5, 0.6) is 23.0 Å². The highest BCUT2D eigenvalue weighted by Crippen LogP contribution is 2.28. The molecule has 276 valence electrons. The van der Waals surface area contributed by atoms with E-state index in [0.717, 1.165) is 57.0 Å². The Labute approximate surface area is 345 Å². The van der Waals surface area contributed by atoms with E-state index in [1.165, 1.54) is 0 Å². The van der Waals surface area contributed by atoms with Gasteiger partial charge in [0.1, 0.15) is 23.0 Å². The molecule has 0 radical (unpaired) electrons. The van der Waals surface area contributed by atoms with Crippen LogP contribution in [0.15, 0.2) is 146 Å². The van der Waals surface area contributed by atoms with Crippen molar-refractivity contribution in [1.82, 2.24) is 0 Å². The smallest absolute Gasteiger partial charge is 0.369 e. The number of anilines is 8. The molecule has 53 heavy (non-hydrogen) atoms. The summed E-state index contributed by atoms with van der Waals surface area (Å²) in [6.07, 6.45) is 0. The van der Waals surface area contributed by atoms with Crippen LogP contribution in [0.1, 0.15) is 0 Å². The van der Waals surface area contributed by atoms with E-state index < -0.39 is 0 Å². The Morgan fingerprint density at radius 1 is 0.453 bits per heavy atom. The second-order valence-corrected chi connectivity index (χ2v) is 17.8. The second kappa shape index (κ2) is 24.2. The van der Waals surface area contributed by atoms with E-state index in [0.29, 0.717) is 0 Å². The Hall–Kier alpha value is -4.20. The van der Waals surface area contributed by atoms with E-state index >= 15 is 0 Å². The number of nitrogens with one attached hydrogen (secondary N) is 4. The molecule has 8 nitrogen and oxygen atoms in total. The molecule has 0 heterocycles. The fourth-order valence-corrected chi connectivity index (χ4v) is 4.59. The fourth-order valence-electron chi connectivity index (χ4n) is 4.59. The molecule has 6 aromatic carbocycles. The first-order valence-electron chi connectivity index (χ1n) is 15.8. The van der Waals surface area contributed by atoms with Crippen LogP contribution < -0.4 is 30.7 Å². The van der Waals surface area contributed by atoms with Gasteiger partial charge < -0.3 is 41.0 Å². The lowest BCUT2D eigenvalue weighted by Gasteiger charge is -2.11. The summed E-state index contributed by atoms with van der Waals surface area (Å²) in [6.45, 7) is 0. The number of phenolic OH excluding ortho intramolecular Hbond substituents is 2. The largest absolute Gasteiger partial charge is 0.508 e. The van der Waals surface area contributed by atoms with Crippen molar-refractivity contribution < 1.29 is 19.7 Å². The number of hydrogen-bond donors (Lipinski definition) is 6. The van der Waals surface area contributed by atoms with Crippen molar-refractivity contribution in [3.63, 3.8) is 0 Å². The number of phenols is 2. The number of methoxy groups -OCH3 is 2. The Balaban J connectivity index is 0.000000244. The summed E-state index contributed by atoms with van der Waals surface area (Å²) in [5.41, 5.74) is 7.38. The Kier molecular flexibility index (Phi) is 19.7. The van der Waals surface area contributed by atoms with Gasteiger partial charge in [-0.2, -0.15) is 0 Å². The summed E-state index contributed by atoms with van der Waals surface area (Å²) in [6, 6.07) is 45.5. The normalized spacial score (nSPS) is 9.64. The van der Waals surface area contributed by atoms with E-state index in [-0.39, 0.29) is 20.0 Å². The lowest BCUT2D eigenvalue weighted by Crippen LogP contribution is -1.94. The Bertz CT molecular complexity index is 1850. The summed E-state index contributed by atoms with van der Waals surface area (Å²) in [7, 11) is 3.33. The van der Waals surface area contributed by atoms with Crippen molar-refractivity contribution in [2.24, 2.45) is 0 Å². The zero-order chi connectivity index (χ0) is 38.4. The van der Waals surface area contributed by atoms with Crippen molar-refractivity contribution in [3.05, 3.63) is 146 Å². The van der Waals surface area contributed by atoms with Crippen LogP contribution in [0.2, 0.25) is 0 Å². The molecule has 0 aliphatic rings. The minimum atomic E-state index is 0.194. The summed E-state index contributed by atoms with van der Waals surface area (Å²) < 4.78 is 10.8. The number of halogens is 5. The van der Waals surface area contributed by atoms with Crippen LogP contribution in [0, 0.1) is 0 Å². The molecule has 0 atom stereocenters. The minimum absolute atomic E-state index is 0.194. The first-order chi connectivity index (χ1) is 25.6. The van der Waals surface area contributed by atoms with E-state index in [9.17, 15) is 10.2 Å². The summed E-state index contributed by atoms with van der Waals surface area (Å²) >= 11 is 18.8. The Morgan fingerprint density at radius 3 is 0.943 bits per heavy atom. The van der Waals surface area contributed by atoms with Gasteiger partial charge in [-0.15, -0.1) is 70.5 Å². The first kappa shape index (κ1) is 43.2. The van der Waals surface area contributed by atoms with E-state index in [2.05, 4.69) is 74.6 Å². The molecule has 0 saturated carbocycles. The van der Waals surface area contributed by atoms with Gasteiger partial charge in [0.15, 0.2) is 0 Å². The van der Waals surface area contributed by atoms with Crippen LogP contribution in [0.4, 0.5) is 45.5 Å². The van der Waals surface area contributed by atoms with Gasteiger partial charge >= 0.3 is 3.18 Å². The monoisotopic (exact) mass is 944 g/mol. The van der Waals surface area contributed by atoms with Gasteiger partial charge in [-0.3, -0.25) is 0 Å². The highest BCUT2D eigenvalue weighted by molar-refractivity contribution is 9.69. The van der Waals surface area contributed by atoms with Crippen molar-refractivity contribution >= 4 is 119 Å². The van der Waals surface area contributed by atoms with Crippen LogP contribution >= 0.6 is 70.5 Å². The molecule has 6 N–H and O–H groups in total. The zero-order valence-electron chi connectivity index (χ0n) is 28.7. The first-order valence-corrected chi connectivity index (χ1v) is 19.6. The zero-order valence-corrected chi connectivity index (χ0v) is 35.0. The standard InChI is InChI=1S/C20H20N2O2.C18H16N2O2.CH2Cl2.BBr3/c1-23-19-10-4-8-17(13-19)21-15-6-3-7-16(12-15)22-18-9-5-11-20(14-18)24-2;21-17-8-2-6-15(11-17)19-13-4-1-5-14(10-13)20-16-7-3-9-18(22)12-16;2-1-3;2-1(3)4/h3-14,21-22H,1-2H3;1-12,19-22H;1H2;. The number of benzene rings is 6.